The molecule has 0 saturated carbocycles. The number of carbonyl (C=O) groups excluding carboxylic acids is 1. The molecule has 2 rings (SSSR count). The van der Waals surface area contributed by atoms with Crippen molar-refractivity contribution in [3.8, 4) is 0 Å². The third kappa shape index (κ3) is 3.18. The van der Waals surface area contributed by atoms with Gasteiger partial charge in [0.15, 0.2) is 5.78 Å². The molecule has 0 bridgehead atoms. The highest BCUT2D eigenvalue weighted by atomic mass is 79.9. The van der Waals surface area contributed by atoms with Crippen LogP contribution in [0.3, 0.4) is 0 Å². The average Bonchev–Trinajstić information content (AvgIpc) is 2.68. The second-order valence-corrected chi connectivity index (χ2v) is 6.11. The van der Waals surface area contributed by atoms with E-state index >= 15 is 0 Å². The van der Waals surface area contributed by atoms with Crippen LogP contribution in [-0.4, -0.2) is 5.78 Å². The molecule has 17 heavy (non-hydrogen) atoms. The van der Waals surface area contributed by atoms with Crippen LogP contribution in [0.4, 0.5) is 0 Å². The summed E-state index contributed by atoms with van der Waals surface area (Å²) < 4.78 is 1.02. The first-order chi connectivity index (χ1) is 8.06. The van der Waals surface area contributed by atoms with Crippen molar-refractivity contribution >= 4 is 44.7 Å². The summed E-state index contributed by atoms with van der Waals surface area (Å²) in [6, 6.07) is 7.41. The van der Waals surface area contributed by atoms with E-state index in [1.54, 1.807) is 17.4 Å². The number of thiophene rings is 1. The zero-order valence-corrected chi connectivity index (χ0v) is 12.3. The van der Waals surface area contributed by atoms with Gasteiger partial charge in [0.25, 0.3) is 0 Å². The highest BCUT2D eigenvalue weighted by molar-refractivity contribution is 9.10. The summed E-state index contributed by atoms with van der Waals surface area (Å²) in [5.74, 6) is 0.0984. The van der Waals surface area contributed by atoms with Gasteiger partial charge in [0.2, 0.25) is 0 Å². The lowest BCUT2D eigenvalue weighted by molar-refractivity contribution is 0.0994. The Labute approximate surface area is 118 Å². The Kier molecular flexibility index (Phi) is 4.02. The number of halogens is 2. The Bertz CT molecular complexity index is 562. The van der Waals surface area contributed by atoms with Crippen LogP contribution in [0.5, 0.6) is 0 Å². The molecular formula is C13H10BrClOS. The topological polar surface area (TPSA) is 17.1 Å². The predicted octanol–water partition coefficient (Wildman–Crippen LogP) is 4.90. The molecule has 1 aromatic carbocycles. The van der Waals surface area contributed by atoms with E-state index in [1.807, 2.05) is 30.5 Å². The normalized spacial score (nSPS) is 10.5. The molecule has 0 N–H and O–H groups in total. The van der Waals surface area contributed by atoms with Gasteiger partial charge in [-0.1, -0.05) is 23.7 Å². The highest BCUT2D eigenvalue weighted by Crippen LogP contribution is 2.22. The number of benzene rings is 1. The van der Waals surface area contributed by atoms with Crippen molar-refractivity contribution in [1.29, 1.82) is 0 Å². The molecule has 0 amide bonds. The number of aryl methyl sites for hydroxylation is 1. The molecule has 0 aliphatic carbocycles. The maximum Gasteiger partial charge on any atom is 0.168 e. The molecule has 1 nitrogen and oxygen atoms in total. The zero-order valence-electron chi connectivity index (χ0n) is 9.17. The number of hydrogen-bond donors (Lipinski definition) is 0. The molecule has 0 fully saturated rings. The van der Waals surface area contributed by atoms with Gasteiger partial charge in [0.1, 0.15) is 0 Å². The zero-order chi connectivity index (χ0) is 12.4. The summed E-state index contributed by atoms with van der Waals surface area (Å²) in [5.41, 5.74) is 1.66. The van der Waals surface area contributed by atoms with E-state index in [0.717, 1.165) is 14.9 Å². The molecule has 1 aromatic heterocycles. The summed E-state index contributed by atoms with van der Waals surface area (Å²) in [6.07, 6.45) is 0.426. The second kappa shape index (κ2) is 5.34. The number of ketones is 1. The van der Waals surface area contributed by atoms with Crippen LogP contribution in [0.1, 0.15) is 20.8 Å². The van der Waals surface area contributed by atoms with Gasteiger partial charge in [-0.3, -0.25) is 4.79 Å². The molecule has 0 radical (unpaired) electrons. The van der Waals surface area contributed by atoms with E-state index in [2.05, 4.69) is 15.9 Å². The van der Waals surface area contributed by atoms with Gasteiger partial charge in [-0.25, -0.2) is 0 Å². The van der Waals surface area contributed by atoms with Crippen LogP contribution in [0.2, 0.25) is 5.02 Å². The van der Waals surface area contributed by atoms with Crippen LogP contribution < -0.4 is 0 Å². The van der Waals surface area contributed by atoms with Crippen LogP contribution in [-0.2, 0) is 6.42 Å². The molecule has 0 aliphatic heterocycles. The Hall–Kier alpha value is -0.640. The van der Waals surface area contributed by atoms with Gasteiger partial charge in [0.05, 0.1) is 0 Å². The molecule has 4 heteroatoms. The molecule has 2 aromatic rings. The van der Waals surface area contributed by atoms with Crippen LogP contribution in [0, 0.1) is 6.92 Å². The average molecular weight is 330 g/mol. The van der Waals surface area contributed by atoms with Crippen molar-refractivity contribution in [3.05, 3.63) is 55.1 Å². The van der Waals surface area contributed by atoms with E-state index in [9.17, 15) is 4.79 Å². The van der Waals surface area contributed by atoms with E-state index in [4.69, 9.17) is 11.6 Å². The molecule has 0 aliphatic rings. The third-order valence-electron chi connectivity index (χ3n) is 2.45. The lowest BCUT2D eigenvalue weighted by Gasteiger charge is -2.02. The lowest BCUT2D eigenvalue weighted by Crippen LogP contribution is -2.02. The monoisotopic (exact) mass is 328 g/mol. The lowest BCUT2D eigenvalue weighted by atomic mass is 10.1. The van der Waals surface area contributed by atoms with Crippen molar-refractivity contribution in [2.75, 3.05) is 0 Å². The summed E-state index contributed by atoms with van der Waals surface area (Å²) in [7, 11) is 0. The van der Waals surface area contributed by atoms with E-state index in [0.29, 0.717) is 17.0 Å². The quantitative estimate of drug-likeness (QED) is 0.732. The second-order valence-electron chi connectivity index (χ2n) is 3.80. The van der Waals surface area contributed by atoms with Crippen molar-refractivity contribution < 1.29 is 4.79 Å². The SMILES string of the molecule is Cc1ccc(C(=O)Cc2cc(Br)cs2)cc1Cl. The van der Waals surface area contributed by atoms with E-state index in [-0.39, 0.29) is 5.78 Å². The predicted molar refractivity (Wildman–Crippen MR) is 76.2 cm³/mol. The first kappa shape index (κ1) is 12.8. The smallest absolute Gasteiger partial charge is 0.168 e. The summed E-state index contributed by atoms with van der Waals surface area (Å²) in [5, 5.41) is 2.62. The van der Waals surface area contributed by atoms with E-state index < -0.39 is 0 Å². The summed E-state index contributed by atoms with van der Waals surface area (Å²) >= 11 is 11.0. The van der Waals surface area contributed by atoms with Crippen molar-refractivity contribution in [2.45, 2.75) is 13.3 Å². The maximum atomic E-state index is 12.0. The Morgan fingerprint density at radius 2 is 2.18 bits per heavy atom. The van der Waals surface area contributed by atoms with Crippen molar-refractivity contribution in [2.24, 2.45) is 0 Å². The molecule has 0 saturated heterocycles. The maximum absolute atomic E-state index is 12.0. The Morgan fingerprint density at radius 1 is 1.41 bits per heavy atom. The van der Waals surface area contributed by atoms with Crippen molar-refractivity contribution in [3.63, 3.8) is 0 Å². The molecule has 1 heterocycles. The van der Waals surface area contributed by atoms with Gasteiger partial charge in [0, 0.05) is 31.7 Å². The molecule has 0 spiro atoms. The summed E-state index contributed by atoms with van der Waals surface area (Å²) in [4.78, 5) is 13.1. The first-order valence-corrected chi connectivity index (χ1v) is 7.13. The van der Waals surface area contributed by atoms with Crippen LogP contribution >= 0.6 is 38.9 Å². The fourth-order valence-electron chi connectivity index (χ4n) is 1.47. The first-order valence-electron chi connectivity index (χ1n) is 5.08. The van der Waals surface area contributed by atoms with Gasteiger partial charge < -0.3 is 0 Å². The van der Waals surface area contributed by atoms with Gasteiger partial charge in [-0.05, 0) is 40.5 Å². The molecule has 88 valence electrons. The van der Waals surface area contributed by atoms with Crippen LogP contribution in [0.15, 0.2) is 34.1 Å². The minimum absolute atomic E-state index is 0.0984. The molecular weight excluding hydrogens is 320 g/mol. The standard InChI is InChI=1S/C13H10BrClOS/c1-8-2-3-9(4-12(8)15)13(16)6-11-5-10(14)7-17-11/h2-5,7H,6H2,1H3. The number of carbonyl (C=O) groups is 1. The van der Waals surface area contributed by atoms with E-state index in [1.165, 1.54) is 0 Å². The van der Waals surface area contributed by atoms with Crippen molar-refractivity contribution in [1.82, 2.24) is 0 Å². The fourth-order valence-corrected chi connectivity index (χ4v) is 3.10. The number of rotatable bonds is 3. The molecule has 0 atom stereocenters. The minimum atomic E-state index is 0.0984. The minimum Gasteiger partial charge on any atom is -0.294 e. The third-order valence-corrected chi connectivity index (χ3v) is 4.56. The Morgan fingerprint density at radius 3 is 2.76 bits per heavy atom. The Balaban J connectivity index is 2.17. The largest absolute Gasteiger partial charge is 0.294 e. The number of Topliss-reactive ketones (excluding diaryl/α,β-unsaturated/α-hetero) is 1. The van der Waals surface area contributed by atoms with Gasteiger partial charge in [-0.2, -0.15) is 0 Å². The highest BCUT2D eigenvalue weighted by Gasteiger charge is 2.09. The van der Waals surface area contributed by atoms with Crippen LogP contribution in [0.25, 0.3) is 0 Å². The number of hydrogen-bond acceptors (Lipinski definition) is 2. The molecule has 0 unspecified atom stereocenters. The fraction of sp³-hybridized carbons (Fsp3) is 0.154. The summed E-state index contributed by atoms with van der Waals surface area (Å²) in [6.45, 7) is 1.92. The van der Waals surface area contributed by atoms with Gasteiger partial charge in [-0.15, -0.1) is 11.3 Å². The van der Waals surface area contributed by atoms with Gasteiger partial charge >= 0.3 is 0 Å².